The number of nitrogens with two attached hydrogens (primary N) is 1. The first-order chi connectivity index (χ1) is 20.6. The van der Waals surface area contributed by atoms with E-state index in [0.29, 0.717) is 35.7 Å². The van der Waals surface area contributed by atoms with Gasteiger partial charge in [0.15, 0.2) is 5.75 Å². The number of carbonyl (C=O) groups is 2. The van der Waals surface area contributed by atoms with Gasteiger partial charge in [-0.1, -0.05) is 0 Å². The summed E-state index contributed by atoms with van der Waals surface area (Å²) < 4.78 is 26.9. The van der Waals surface area contributed by atoms with Crippen LogP contribution in [0.15, 0.2) is 42.6 Å². The van der Waals surface area contributed by atoms with Crippen molar-refractivity contribution in [2.45, 2.75) is 44.2 Å². The molecule has 1 atom stereocenters. The Labute approximate surface area is 246 Å². The van der Waals surface area contributed by atoms with Gasteiger partial charge in [0, 0.05) is 28.8 Å². The normalized spacial score (nSPS) is 16.1. The molecule has 12 heteroatoms. The average Bonchev–Trinajstić information content (AvgIpc) is 3.92. The Hall–Kier alpha value is -4.71. The van der Waals surface area contributed by atoms with Gasteiger partial charge in [-0.2, -0.15) is 5.10 Å². The van der Waals surface area contributed by atoms with Crippen molar-refractivity contribution in [3.63, 3.8) is 0 Å². The molecule has 5 N–H and O–H groups in total. The summed E-state index contributed by atoms with van der Waals surface area (Å²) >= 11 is 0. The van der Waals surface area contributed by atoms with Gasteiger partial charge in [-0.25, -0.2) is 9.37 Å². The lowest BCUT2D eigenvalue weighted by Gasteiger charge is -2.29. The van der Waals surface area contributed by atoms with Gasteiger partial charge in [-0.3, -0.25) is 14.3 Å². The molecule has 2 fully saturated rings. The number of aliphatic hydroxyl groups is 1. The quantitative estimate of drug-likeness (QED) is 0.205. The molecule has 43 heavy (non-hydrogen) atoms. The molecule has 0 radical (unpaired) electrons. The first-order valence-electron chi connectivity index (χ1n) is 14.2. The number of carbonyl (C=O) groups excluding carboxylic acids is 2. The maximum Gasteiger partial charge on any atom is 0.252 e. The number of aromatic hydroxyl groups is 1. The Morgan fingerprint density at radius 3 is 2.58 bits per heavy atom. The van der Waals surface area contributed by atoms with Crippen molar-refractivity contribution < 1.29 is 33.7 Å². The number of pyridine rings is 1. The van der Waals surface area contributed by atoms with E-state index in [9.17, 15) is 24.2 Å². The number of phenols is 1. The smallest absolute Gasteiger partial charge is 0.252 e. The molecule has 0 aliphatic heterocycles. The number of phenolic OH excluding ortho intramolecular Hbond substituents is 1. The topological polar surface area (TPSA) is 162 Å². The number of nitrogens with zero attached hydrogens (tertiary/aromatic N) is 3. The van der Waals surface area contributed by atoms with Crippen LogP contribution in [0.1, 0.15) is 65.1 Å². The van der Waals surface area contributed by atoms with Crippen LogP contribution in [0.3, 0.4) is 0 Å². The molecule has 2 aromatic heterocycles. The summed E-state index contributed by atoms with van der Waals surface area (Å²) in [4.78, 5) is 30.6. The van der Waals surface area contributed by atoms with E-state index in [4.69, 9.17) is 15.2 Å². The van der Waals surface area contributed by atoms with E-state index in [1.165, 1.54) is 19.2 Å². The molecule has 224 valence electrons. The van der Waals surface area contributed by atoms with E-state index in [-0.39, 0.29) is 47.3 Å². The van der Waals surface area contributed by atoms with Gasteiger partial charge in [0.2, 0.25) is 0 Å². The van der Waals surface area contributed by atoms with Gasteiger partial charge in [0.05, 0.1) is 37.6 Å². The van der Waals surface area contributed by atoms with Gasteiger partial charge in [0.1, 0.15) is 34.1 Å². The third-order valence-electron chi connectivity index (χ3n) is 7.95. The molecule has 0 unspecified atom stereocenters. The Morgan fingerprint density at radius 1 is 1.19 bits per heavy atom. The van der Waals surface area contributed by atoms with Crippen molar-refractivity contribution in [3.8, 4) is 28.5 Å². The molecular formula is C31H32FN5O6. The lowest BCUT2D eigenvalue weighted by molar-refractivity contribution is 0.00946. The number of halogens is 1. The maximum atomic E-state index is 13.8. The van der Waals surface area contributed by atoms with Crippen molar-refractivity contribution in [1.82, 2.24) is 20.1 Å². The van der Waals surface area contributed by atoms with Crippen LogP contribution in [0.4, 0.5) is 4.39 Å². The van der Waals surface area contributed by atoms with E-state index < -0.39 is 29.0 Å². The Morgan fingerprint density at radius 2 is 1.95 bits per heavy atom. The number of ether oxygens (including phenoxy) is 2. The molecule has 2 aliphatic rings. The van der Waals surface area contributed by atoms with E-state index in [1.807, 2.05) is 10.9 Å². The highest BCUT2D eigenvalue weighted by molar-refractivity contribution is 6.00. The van der Waals surface area contributed by atoms with Crippen molar-refractivity contribution in [2.24, 2.45) is 11.7 Å². The van der Waals surface area contributed by atoms with Crippen molar-refractivity contribution in [2.75, 3.05) is 20.3 Å². The van der Waals surface area contributed by atoms with Crippen LogP contribution in [0.25, 0.3) is 22.2 Å². The lowest BCUT2D eigenvalue weighted by atomic mass is 9.90. The third-order valence-corrected chi connectivity index (χ3v) is 7.95. The first kappa shape index (κ1) is 28.4. The van der Waals surface area contributed by atoms with E-state index in [1.54, 1.807) is 19.1 Å². The fraction of sp³-hybridized carbons (Fsp3) is 0.355. The zero-order valence-corrected chi connectivity index (χ0v) is 23.8. The fourth-order valence-electron chi connectivity index (χ4n) is 5.37. The minimum atomic E-state index is -1.69. The minimum absolute atomic E-state index is 0.00465. The monoisotopic (exact) mass is 589 g/mol. The fourth-order valence-corrected chi connectivity index (χ4v) is 5.37. The number of rotatable bonds is 11. The summed E-state index contributed by atoms with van der Waals surface area (Å²) in [6.07, 6.45) is 5.33. The first-order valence-corrected chi connectivity index (χ1v) is 14.2. The molecule has 2 aromatic carbocycles. The summed E-state index contributed by atoms with van der Waals surface area (Å²) in [5.74, 6) is -2.21. The standard InChI is InChI=1S/C31H32FN5O6/c1-3-43-28-22(29(33)39)13-25(35-27(28)21-9-6-19(32)12-23(21)38)31(41,18-4-5-18)15-34-30(40)16-10-17-14-37(20-7-8-20)36-26(17)24(11-16)42-2/h6,9-14,18,20,38,41H,3-5,7-8,15H2,1-2H3,(H2,33,39)(H,34,40)/t31-/m1/s1. The molecule has 2 amide bonds. The van der Waals surface area contributed by atoms with Crippen molar-refractivity contribution >= 4 is 22.7 Å². The van der Waals surface area contributed by atoms with Gasteiger partial charge < -0.3 is 30.7 Å². The van der Waals surface area contributed by atoms with Crippen LogP contribution in [0.2, 0.25) is 0 Å². The van der Waals surface area contributed by atoms with Crippen molar-refractivity contribution in [1.29, 1.82) is 0 Å². The second kappa shape index (κ2) is 10.8. The Kier molecular flexibility index (Phi) is 7.17. The maximum absolute atomic E-state index is 13.8. The predicted molar refractivity (Wildman–Crippen MR) is 154 cm³/mol. The number of benzene rings is 2. The molecular weight excluding hydrogens is 557 g/mol. The molecule has 0 bridgehead atoms. The Bertz CT molecular complexity index is 1750. The number of fused-ring (bicyclic) bond motifs is 1. The summed E-state index contributed by atoms with van der Waals surface area (Å²) in [5, 5.41) is 30.8. The number of hydrogen-bond donors (Lipinski definition) is 4. The highest BCUT2D eigenvalue weighted by atomic mass is 19.1. The summed E-state index contributed by atoms with van der Waals surface area (Å²) in [6.45, 7) is 1.62. The number of nitrogens with one attached hydrogen (secondary N) is 1. The molecule has 2 aliphatic carbocycles. The zero-order valence-electron chi connectivity index (χ0n) is 23.8. The Balaban J connectivity index is 1.37. The molecule has 2 saturated carbocycles. The summed E-state index contributed by atoms with van der Waals surface area (Å²) in [6, 6.07) is 8.39. The molecule has 2 heterocycles. The van der Waals surface area contributed by atoms with Crippen LogP contribution in [0, 0.1) is 11.7 Å². The van der Waals surface area contributed by atoms with Crippen LogP contribution >= 0.6 is 0 Å². The summed E-state index contributed by atoms with van der Waals surface area (Å²) in [5.41, 5.74) is 5.10. The van der Waals surface area contributed by atoms with Crippen molar-refractivity contribution in [3.05, 3.63) is 65.2 Å². The zero-order chi connectivity index (χ0) is 30.5. The highest BCUT2D eigenvalue weighted by Crippen LogP contribution is 2.47. The number of hydrogen-bond acceptors (Lipinski definition) is 8. The predicted octanol–water partition coefficient (Wildman–Crippen LogP) is 3.81. The van der Waals surface area contributed by atoms with Gasteiger partial charge in [-0.05, 0) is 68.9 Å². The van der Waals surface area contributed by atoms with Crippen LogP contribution in [0.5, 0.6) is 17.2 Å². The molecule has 11 nitrogen and oxygen atoms in total. The number of amides is 2. The SMILES string of the molecule is CCOc1c(C(N)=O)cc([C@@](O)(CNC(=O)c2cc(OC)c3nn(C4CC4)cc3c2)C2CC2)nc1-c1ccc(F)cc1O. The lowest BCUT2D eigenvalue weighted by Crippen LogP contribution is -2.43. The average molecular weight is 590 g/mol. The van der Waals surface area contributed by atoms with Crippen LogP contribution in [-0.4, -0.2) is 57.1 Å². The number of aromatic nitrogens is 3. The molecule has 0 spiro atoms. The minimum Gasteiger partial charge on any atom is -0.507 e. The van der Waals surface area contributed by atoms with E-state index in [2.05, 4.69) is 15.4 Å². The van der Waals surface area contributed by atoms with Gasteiger partial charge >= 0.3 is 0 Å². The molecule has 4 aromatic rings. The number of primary amides is 1. The van der Waals surface area contributed by atoms with E-state index in [0.717, 1.165) is 30.4 Å². The molecule has 6 rings (SSSR count). The second-order valence-corrected chi connectivity index (χ2v) is 11.0. The second-order valence-electron chi connectivity index (χ2n) is 11.0. The van der Waals surface area contributed by atoms with Gasteiger partial charge in [0.25, 0.3) is 11.8 Å². The largest absolute Gasteiger partial charge is 0.507 e. The third kappa shape index (κ3) is 5.34. The number of methoxy groups -OCH3 is 1. The van der Waals surface area contributed by atoms with E-state index >= 15 is 0 Å². The summed E-state index contributed by atoms with van der Waals surface area (Å²) in [7, 11) is 1.52. The highest BCUT2D eigenvalue weighted by Gasteiger charge is 2.47. The van der Waals surface area contributed by atoms with Crippen LogP contribution in [-0.2, 0) is 5.60 Å². The molecule has 0 saturated heterocycles. The van der Waals surface area contributed by atoms with Crippen LogP contribution < -0.4 is 20.5 Å². The van der Waals surface area contributed by atoms with Gasteiger partial charge in [-0.15, -0.1) is 0 Å².